The number of nitrogens with one attached hydrogen (secondary N) is 2. The zero-order valence-electron chi connectivity index (χ0n) is 23.5. The van der Waals surface area contributed by atoms with E-state index < -0.39 is 0 Å². The van der Waals surface area contributed by atoms with E-state index >= 15 is 0 Å². The Kier molecular flexibility index (Phi) is 7.68. The molecule has 0 saturated carbocycles. The lowest BCUT2D eigenvalue weighted by molar-refractivity contribution is -0.119. The van der Waals surface area contributed by atoms with Crippen molar-refractivity contribution in [3.05, 3.63) is 119 Å². The standard InChI is InChI=1S/C33H30ClN5O2S/c1-20-17-25(21(2)38(20)29-13-8-10-22-9-4-5-11-24(22)29)32-31(28-12-6-7-16-35-28)37-33(42)39(32)23-14-15-27(26(34)18-23)36-30(40)19-41-3/h4-18,31-32H,19H2,1-3H3,(H,36,40)(H,37,42)/t31-,32-/m1/s1. The van der Waals surface area contributed by atoms with E-state index in [9.17, 15) is 4.79 Å². The summed E-state index contributed by atoms with van der Waals surface area (Å²) in [5.74, 6) is -0.278. The van der Waals surface area contributed by atoms with Crippen molar-refractivity contribution in [3.63, 3.8) is 0 Å². The van der Waals surface area contributed by atoms with Gasteiger partial charge in [0.15, 0.2) is 5.11 Å². The second kappa shape index (κ2) is 11.6. The van der Waals surface area contributed by atoms with Crippen molar-refractivity contribution in [3.8, 4) is 5.69 Å². The van der Waals surface area contributed by atoms with Gasteiger partial charge in [0.25, 0.3) is 0 Å². The van der Waals surface area contributed by atoms with Crippen LogP contribution in [-0.2, 0) is 9.53 Å². The third-order valence-corrected chi connectivity index (χ3v) is 8.30. The number of anilines is 2. The van der Waals surface area contributed by atoms with Crippen LogP contribution in [0, 0.1) is 13.8 Å². The molecule has 212 valence electrons. The number of hydrogen-bond donors (Lipinski definition) is 2. The summed E-state index contributed by atoms with van der Waals surface area (Å²) in [5.41, 5.74) is 6.68. The van der Waals surface area contributed by atoms with Gasteiger partial charge in [-0.05, 0) is 79.5 Å². The lowest BCUT2D eigenvalue weighted by Gasteiger charge is -2.28. The Balaban J connectivity index is 1.48. The predicted octanol–water partition coefficient (Wildman–Crippen LogP) is 7.06. The first-order chi connectivity index (χ1) is 20.4. The highest BCUT2D eigenvalue weighted by molar-refractivity contribution is 7.80. The van der Waals surface area contributed by atoms with E-state index in [2.05, 4.69) is 82.5 Å². The van der Waals surface area contributed by atoms with Gasteiger partial charge < -0.3 is 24.8 Å². The highest BCUT2D eigenvalue weighted by atomic mass is 35.5. The molecule has 2 aromatic heterocycles. The molecule has 42 heavy (non-hydrogen) atoms. The summed E-state index contributed by atoms with van der Waals surface area (Å²) >= 11 is 12.6. The molecule has 9 heteroatoms. The zero-order chi connectivity index (χ0) is 29.4. The van der Waals surface area contributed by atoms with Crippen molar-refractivity contribution in [2.45, 2.75) is 25.9 Å². The molecule has 0 spiro atoms. The van der Waals surface area contributed by atoms with Gasteiger partial charge >= 0.3 is 0 Å². The fourth-order valence-electron chi connectivity index (χ4n) is 5.88. The first kappa shape index (κ1) is 27.9. The number of rotatable bonds is 7. The average Bonchev–Trinajstić information content (AvgIpc) is 3.49. The molecule has 5 aromatic rings. The summed E-state index contributed by atoms with van der Waals surface area (Å²) in [6, 6.07) is 28.1. The fourth-order valence-corrected chi connectivity index (χ4v) is 6.45. The van der Waals surface area contributed by atoms with Crippen molar-refractivity contribution >= 4 is 57.0 Å². The number of thiocarbonyl (C=S) groups is 1. The number of amides is 1. The van der Waals surface area contributed by atoms with Crippen LogP contribution in [0.15, 0.2) is 91.1 Å². The lowest BCUT2D eigenvalue weighted by atomic mass is 9.96. The quantitative estimate of drug-likeness (QED) is 0.196. The first-order valence-electron chi connectivity index (χ1n) is 13.6. The van der Waals surface area contributed by atoms with Gasteiger partial charge in [0, 0.05) is 35.8 Å². The Morgan fingerprint density at radius 3 is 2.60 bits per heavy atom. The Bertz CT molecular complexity index is 1800. The summed E-state index contributed by atoms with van der Waals surface area (Å²) in [6.07, 6.45) is 1.80. The molecule has 0 aliphatic carbocycles. The van der Waals surface area contributed by atoms with Gasteiger partial charge in [-0.1, -0.05) is 54.1 Å². The van der Waals surface area contributed by atoms with Gasteiger partial charge in [-0.2, -0.15) is 0 Å². The maximum absolute atomic E-state index is 12.1. The summed E-state index contributed by atoms with van der Waals surface area (Å²) in [4.78, 5) is 18.9. The number of pyridine rings is 1. The molecular weight excluding hydrogens is 566 g/mol. The Labute approximate surface area is 255 Å². The Morgan fingerprint density at radius 1 is 1.05 bits per heavy atom. The molecule has 7 nitrogen and oxygen atoms in total. The van der Waals surface area contributed by atoms with Gasteiger partial charge in [-0.25, -0.2) is 0 Å². The molecular formula is C33H30ClN5O2S. The topological polar surface area (TPSA) is 71.4 Å². The smallest absolute Gasteiger partial charge is 0.250 e. The second-order valence-electron chi connectivity index (χ2n) is 10.3. The SMILES string of the molecule is COCC(=O)Nc1ccc(N2C(=S)N[C@H](c3ccccn3)[C@H]2c2cc(C)n(-c3cccc4ccccc34)c2C)cc1Cl. The van der Waals surface area contributed by atoms with Crippen molar-refractivity contribution in [1.29, 1.82) is 0 Å². The van der Waals surface area contributed by atoms with E-state index in [-0.39, 0.29) is 24.6 Å². The van der Waals surface area contributed by atoms with E-state index in [1.807, 2.05) is 30.3 Å². The lowest BCUT2D eigenvalue weighted by Crippen LogP contribution is -2.29. The minimum absolute atomic E-state index is 0.0572. The van der Waals surface area contributed by atoms with Gasteiger partial charge in [-0.15, -0.1) is 0 Å². The molecule has 3 aromatic carbocycles. The summed E-state index contributed by atoms with van der Waals surface area (Å²) < 4.78 is 7.25. The molecule has 1 fully saturated rings. The molecule has 0 bridgehead atoms. The largest absolute Gasteiger partial charge is 0.375 e. The number of halogens is 1. The third kappa shape index (κ3) is 5.02. The number of aromatic nitrogens is 2. The number of nitrogens with zero attached hydrogens (tertiary/aromatic N) is 3. The van der Waals surface area contributed by atoms with Crippen LogP contribution in [0.25, 0.3) is 16.5 Å². The number of fused-ring (bicyclic) bond motifs is 1. The number of benzene rings is 3. The van der Waals surface area contributed by atoms with E-state index in [0.717, 1.165) is 34.0 Å². The van der Waals surface area contributed by atoms with E-state index in [1.54, 1.807) is 12.3 Å². The number of carbonyl (C=O) groups is 1. The van der Waals surface area contributed by atoms with Crippen LogP contribution in [0.5, 0.6) is 0 Å². The maximum Gasteiger partial charge on any atom is 0.250 e. The van der Waals surface area contributed by atoms with Crippen LogP contribution in [0.3, 0.4) is 0 Å². The van der Waals surface area contributed by atoms with Crippen LogP contribution < -0.4 is 15.5 Å². The number of carbonyl (C=O) groups excluding carboxylic acids is 1. The average molecular weight is 596 g/mol. The Hall–Kier alpha value is -4.24. The number of ether oxygens (including phenoxy) is 1. The molecule has 3 heterocycles. The molecule has 2 atom stereocenters. The Morgan fingerprint density at radius 2 is 1.83 bits per heavy atom. The molecule has 1 saturated heterocycles. The maximum atomic E-state index is 12.1. The highest BCUT2D eigenvalue weighted by Crippen LogP contribution is 2.45. The van der Waals surface area contributed by atoms with Crippen LogP contribution in [-0.4, -0.2) is 34.3 Å². The van der Waals surface area contributed by atoms with Crippen molar-refractivity contribution < 1.29 is 9.53 Å². The van der Waals surface area contributed by atoms with Crippen molar-refractivity contribution in [1.82, 2.24) is 14.9 Å². The summed E-state index contributed by atoms with van der Waals surface area (Å²) in [5, 5.41) is 9.67. The monoisotopic (exact) mass is 595 g/mol. The number of hydrogen-bond acceptors (Lipinski definition) is 4. The zero-order valence-corrected chi connectivity index (χ0v) is 25.0. The number of methoxy groups -OCH3 is 1. The van der Waals surface area contributed by atoms with Crippen LogP contribution in [0.4, 0.5) is 11.4 Å². The molecule has 6 rings (SSSR count). The second-order valence-corrected chi connectivity index (χ2v) is 11.1. The van der Waals surface area contributed by atoms with Gasteiger partial charge in [0.1, 0.15) is 6.61 Å². The normalized spacial score (nSPS) is 16.6. The fraction of sp³-hybridized carbons (Fsp3) is 0.182. The van der Waals surface area contributed by atoms with Crippen LogP contribution in [0.1, 0.15) is 34.7 Å². The molecule has 0 unspecified atom stereocenters. The summed E-state index contributed by atoms with van der Waals surface area (Å²) in [6.45, 7) is 4.23. The van der Waals surface area contributed by atoms with Crippen molar-refractivity contribution in [2.24, 2.45) is 0 Å². The third-order valence-electron chi connectivity index (χ3n) is 7.67. The van der Waals surface area contributed by atoms with Crippen LogP contribution in [0.2, 0.25) is 5.02 Å². The first-order valence-corrected chi connectivity index (χ1v) is 14.4. The van der Waals surface area contributed by atoms with Gasteiger partial charge in [0.2, 0.25) is 5.91 Å². The molecule has 0 radical (unpaired) electrons. The van der Waals surface area contributed by atoms with E-state index in [0.29, 0.717) is 15.8 Å². The van der Waals surface area contributed by atoms with Crippen molar-refractivity contribution in [2.75, 3.05) is 23.9 Å². The number of aryl methyl sites for hydroxylation is 1. The summed E-state index contributed by atoms with van der Waals surface area (Å²) in [7, 11) is 1.47. The van der Waals surface area contributed by atoms with E-state index in [1.165, 1.54) is 17.9 Å². The minimum Gasteiger partial charge on any atom is -0.375 e. The predicted molar refractivity (Wildman–Crippen MR) is 173 cm³/mol. The molecule has 1 aliphatic rings. The molecule has 1 amide bonds. The molecule has 1 aliphatic heterocycles. The molecule has 2 N–H and O–H groups in total. The van der Waals surface area contributed by atoms with Crippen LogP contribution >= 0.6 is 23.8 Å². The van der Waals surface area contributed by atoms with Gasteiger partial charge in [-0.3, -0.25) is 9.78 Å². The van der Waals surface area contributed by atoms with Gasteiger partial charge in [0.05, 0.1) is 34.2 Å². The highest BCUT2D eigenvalue weighted by Gasteiger charge is 2.42. The van der Waals surface area contributed by atoms with E-state index in [4.69, 9.17) is 33.5 Å². The minimum atomic E-state index is -0.278.